The number of rotatable bonds is 4. The van der Waals surface area contributed by atoms with Crippen molar-refractivity contribution < 1.29 is 18.7 Å². The van der Waals surface area contributed by atoms with Gasteiger partial charge in [-0.25, -0.2) is 0 Å². The molecule has 2 aromatic rings. The molecule has 0 N–H and O–H groups in total. The molecule has 5 heteroatoms. The van der Waals surface area contributed by atoms with Gasteiger partial charge in [-0.3, -0.25) is 0 Å². The van der Waals surface area contributed by atoms with E-state index in [9.17, 15) is 0 Å². The number of para-hydroxylation sites is 1. The summed E-state index contributed by atoms with van der Waals surface area (Å²) in [5.74, 6) is 2.88. The van der Waals surface area contributed by atoms with Crippen LogP contribution in [-0.2, 0) is 13.0 Å². The van der Waals surface area contributed by atoms with Gasteiger partial charge in [0, 0.05) is 0 Å². The smallest absolute Gasteiger partial charge is 0.203 e. The number of hydrogen-bond acceptors (Lipinski definition) is 5. The molecule has 0 fully saturated rings. The van der Waals surface area contributed by atoms with Gasteiger partial charge < -0.3 is 18.7 Å². The predicted molar refractivity (Wildman–Crippen MR) is 72.4 cm³/mol. The average molecular weight is 275 g/mol. The van der Waals surface area contributed by atoms with Gasteiger partial charge in [0.05, 0.1) is 11.3 Å². The van der Waals surface area contributed by atoms with Gasteiger partial charge in [-0.15, -0.1) is 0 Å². The fourth-order valence-corrected chi connectivity index (χ4v) is 2.21. The maximum absolute atomic E-state index is 5.87. The topological polar surface area (TPSA) is 53.7 Å². The summed E-state index contributed by atoms with van der Waals surface area (Å²) in [6, 6.07) is 5.65. The maximum Gasteiger partial charge on any atom is 0.203 e. The fraction of sp³-hybridized carbons (Fsp3) is 0.400. The zero-order valence-corrected chi connectivity index (χ0v) is 11.6. The molecule has 1 aromatic heterocycles. The molecular formula is C15H17NO4. The van der Waals surface area contributed by atoms with Crippen molar-refractivity contribution in [1.29, 1.82) is 0 Å². The Morgan fingerprint density at radius 2 is 2.10 bits per heavy atom. The highest BCUT2D eigenvalue weighted by Gasteiger charge is 2.18. The molecule has 20 heavy (non-hydrogen) atoms. The van der Waals surface area contributed by atoms with Crippen LogP contribution < -0.4 is 14.2 Å². The fourth-order valence-electron chi connectivity index (χ4n) is 2.21. The number of hydrogen-bond donors (Lipinski definition) is 0. The summed E-state index contributed by atoms with van der Waals surface area (Å²) >= 11 is 0. The summed E-state index contributed by atoms with van der Waals surface area (Å²) < 4.78 is 22.2. The Kier molecular flexibility index (Phi) is 3.50. The van der Waals surface area contributed by atoms with Crippen LogP contribution in [0.15, 0.2) is 22.7 Å². The van der Waals surface area contributed by atoms with E-state index in [-0.39, 0.29) is 0 Å². The summed E-state index contributed by atoms with van der Waals surface area (Å²) in [6.45, 7) is 5.46. The molecule has 0 saturated carbocycles. The quantitative estimate of drug-likeness (QED) is 0.858. The van der Waals surface area contributed by atoms with E-state index in [4.69, 9.17) is 18.7 Å². The molecule has 106 valence electrons. The monoisotopic (exact) mass is 275 g/mol. The van der Waals surface area contributed by atoms with Gasteiger partial charge in [0.25, 0.3) is 0 Å². The summed E-state index contributed by atoms with van der Waals surface area (Å²) in [5, 5.41) is 4.02. The number of aryl methyl sites for hydroxylation is 2. The van der Waals surface area contributed by atoms with E-state index >= 15 is 0 Å². The standard InChI is InChI=1S/C15H17NO4/c1-3-12-11(10(2)20-16-12)9-19-14-6-4-5-13-15(14)18-8-7-17-13/h4-6H,3,7-9H2,1-2H3. The van der Waals surface area contributed by atoms with Gasteiger partial charge in [0.2, 0.25) is 5.75 Å². The van der Waals surface area contributed by atoms with Gasteiger partial charge in [0.1, 0.15) is 25.6 Å². The molecule has 0 saturated heterocycles. The third-order valence-corrected chi connectivity index (χ3v) is 3.30. The summed E-state index contributed by atoms with van der Waals surface area (Å²) in [5.41, 5.74) is 1.94. The van der Waals surface area contributed by atoms with E-state index in [1.165, 1.54) is 0 Å². The van der Waals surface area contributed by atoms with Crippen molar-refractivity contribution in [2.75, 3.05) is 13.2 Å². The van der Waals surface area contributed by atoms with Crippen molar-refractivity contribution in [3.8, 4) is 17.2 Å². The molecule has 0 bridgehead atoms. The SMILES string of the molecule is CCc1noc(C)c1COc1cccc2c1OCCO2. The van der Waals surface area contributed by atoms with Crippen LogP contribution in [0, 0.1) is 6.92 Å². The van der Waals surface area contributed by atoms with Crippen LogP contribution in [0.5, 0.6) is 17.2 Å². The Hall–Kier alpha value is -2.17. The second-order valence-corrected chi connectivity index (χ2v) is 4.59. The minimum Gasteiger partial charge on any atom is -0.486 e. The maximum atomic E-state index is 5.87. The molecule has 0 spiro atoms. The molecule has 0 amide bonds. The molecule has 0 radical (unpaired) electrons. The average Bonchev–Trinajstić information content (AvgIpc) is 2.85. The minimum absolute atomic E-state index is 0.415. The van der Waals surface area contributed by atoms with E-state index < -0.39 is 0 Å². The Bertz CT molecular complexity index is 606. The summed E-state index contributed by atoms with van der Waals surface area (Å²) in [4.78, 5) is 0. The van der Waals surface area contributed by atoms with Crippen molar-refractivity contribution in [1.82, 2.24) is 5.16 Å². The van der Waals surface area contributed by atoms with Gasteiger partial charge in [-0.05, 0) is 25.5 Å². The zero-order chi connectivity index (χ0) is 13.9. The molecule has 3 rings (SSSR count). The first-order chi connectivity index (χ1) is 9.79. The highest BCUT2D eigenvalue weighted by molar-refractivity contribution is 5.51. The van der Waals surface area contributed by atoms with Gasteiger partial charge >= 0.3 is 0 Å². The molecular weight excluding hydrogens is 258 g/mol. The highest BCUT2D eigenvalue weighted by Crippen LogP contribution is 2.39. The van der Waals surface area contributed by atoms with Crippen molar-refractivity contribution in [3.05, 3.63) is 35.2 Å². The van der Waals surface area contributed by atoms with Crippen molar-refractivity contribution in [2.45, 2.75) is 26.9 Å². The second-order valence-electron chi connectivity index (χ2n) is 4.59. The predicted octanol–water partition coefficient (Wildman–Crippen LogP) is 2.90. The number of ether oxygens (including phenoxy) is 3. The van der Waals surface area contributed by atoms with Crippen molar-refractivity contribution in [3.63, 3.8) is 0 Å². The molecule has 1 aliphatic heterocycles. The number of benzene rings is 1. The highest BCUT2D eigenvalue weighted by atomic mass is 16.6. The zero-order valence-electron chi connectivity index (χ0n) is 11.6. The van der Waals surface area contributed by atoms with E-state index in [0.717, 1.165) is 29.2 Å². The first-order valence-electron chi connectivity index (χ1n) is 6.75. The van der Waals surface area contributed by atoms with Crippen molar-refractivity contribution >= 4 is 0 Å². The van der Waals surface area contributed by atoms with Gasteiger partial charge in [-0.2, -0.15) is 0 Å². The lowest BCUT2D eigenvalue weighted by atomic mass is 10.2. The van der Waals surface area contributed by atoms with E-state index in [2.05, 4.69) is 5.16 Å². The number of aromatic nitrogens is 1. The molecule has 5 nitrogen and oxygen atoms in total. The van der Waals surface area contributed by atoms with E-state index in [1.807, 2.05) is 32.0 Å². The second kappa shape index (κ2) is 5.45. The minimum atomic E-state index is 0.415. The summed E-state index contributed by atoms with van der Waals surface area (Å²) in [6.07, 6.45) is 0.822. The van der Waals surface area contributed by atoms with E-state index in [1.54, 1.807) is 0 Å². The van der Waals surface area contributed by atoms with Gasteiger partial charge in [-0.1, -0.05) is 18.1 Å². The van der Waals surface area contributed by atoms with Crippen LogP contribution >= 0.6 is 0 Å². The molecule has 1 aromatic carbocycles. The van der Waals surface area contributed by atoms with Crippen LogP contribution in [0.1, 0.15) is 23.9 Å². The van der Waals surface area contributed by atoms with Crippen LogP contribution in [0.3, 0.4) is 0 Å². The molecule has 0 unspecified atom stereocenters. The third-order valence-electron chi connectivity index (χ3n) is 3.30. The Balaban J connectivity index is 1.80. The molecule has 0 atom stereocenters. The van der Waals surface area contributed by atoms with Crippen molar-refractivity contribution in [2.24, 2.45) is 0 Å². The lowest BCUT2D eigenvalue weighted by Gasteiger charge is -2.20. The normalized spacial score (nSPS) is 13.3. The number of fused-ring (bicyclic) bond motifs is 1. The Morgan fingerprint density at radius 1 is 1.25 bits per heavy atom. The first kappa shape index (κ1) is 12.8. The van der Waals surface area contributed by atoms with Gasteiger partial charge in [0.15, 0.2) is 11.5 Å². The lowest BCUT2D eigenvalue weighted by molar-refractivity contribution is 0.160. The van der Waals surface area contributed by atoms with Crippen LogP contribution in [0.4, 0.5) is 0 Å². The van der Waals surface area contributed by atoms with Crippen LogP contribution in [0.2, 0.25) is 0 Å². The largest absolute Gasteiger partial charge is 0.486 e. The Labute approximate surface area is 117 Å². The van der Waals surface area contributed by atoms with Crippen LogP contribution in [-0.4, -0.2) is 18.4 Å². The molecule has 0 aliphatic carbocycles. The lowest BCUT2D eigenvalue weighted by Crippen LogP contribution is -2.16. The summed E-state index contributed by atoms with van der Waals surface area (Å²) in [7, 11) is 0. The molecule has 2 heterocycles. The number of nitrogens with zero attached hydrogens (tertiary/aromatic N) is 1. The molecule has 1 aliphatic rings. The van der Waals surface area contributed by atoms with Crippen LogP contribution in [0.25, 0.3) is 0 Å². The first-order valence-corrected chi connectivity index (χ1v) is 6.75. The van der Waals surface area contributed by atoms with E-state index in [0.29, 0.717) is 31.3 Å². The third kappa shape index (κ3) is 2.31. The Morgan fingerprint density at radius 3 is 2.95 bits per heavy atom.